The van der Waals surface area contributed by atoms with Crippen molar-refractivity contribution in [1.82, 2.24) is 14.7 Å². The van der Waals surface area contributed by atoms with E-state index in [4.69, 9.17) is 4.74 Å². The largest absolute Gasteiger partial charge is 0.459 e. The molecular formula is C27H41N3O4. The van der Waals surface area contributed by atoms with Crippen LogP contribution in [0.3, 0.4) is 0 Å². The molecular weight excluding hydrogens is 430 g/mol. The van der Waals surface area contributed by atoms with Gasteiger partial charge in [-0.25, -0.2) is 4.79 Å². The van der Waals surface area contributed by atoms with Gasteiger partial charge in [-0.3, -0.25) is 9.69 Å². The Morgan fingerprint density at radius 1 is 1.06 bits per heavy atom. The summed E-state index contributed by atoms with van der Waals surface area (Å²) in [7, 11) is 4.27. The van der Waals surface area contributed by atoms with Crippen molar-refractivity contribution < 1.29 is 19.4 Å². The molecule has 1 saturated heterocycles. The third-order valence-corrected chi connectivity index (χ3v) is 8.21. The number of nitrogens with zero attached hydrogens (tertiary/aromatic N) is 3. The lowest BCUT2D eigenvalue weighted by Crippen LogP contribution is -2.59. The molecule has 1 heterocycles. The standard InChI is InChI=1S/C27H41N3O4/c1-24(2,3)34-22(31)18-29-19-25(30(23(29)32)20-26(33)12-9-13-26)14-16-27(17-15-25,28(4)5)21-10-7-6-8-11-21/h6-8,10-11,33H,9,12-20H2,1-5H3. The number of hydrogen-bond acceptors (Lipinski definition) is 5. The maximum Gasteiger partial charge on any atom is 0.326 e. The van der Waals surface area contributed by atoms with Crippen LogP contribution in [0.25, 0.3) is 0 Å². The monoisotopic (exact) mass is 471 g/mol. The summed E-state index contributed by atoms with van der Waals surface area (Å²) in [6, 6.07) is 10.5. The SMILES string of the molecule is CN(C)C1(c2ccccc2)CCC2(CC1)CN(CC(=O)OC(C)(C)C)C(=O)N2CC1(O)CCC1. The van der Waals surface area contributed by atoms with E-state index in [1.807, 2.05) is 31.7 Å². The quantitative estimate of drug-likeness (QED) is 0.640. The highest BCUT2D eigenvalue weighted by atomic mass is 16.6. The van der Waals surface area contributed by atoms with Gasteiger partial charge in [0.2, 0.25) is 0 Å². The van der Waals surface area contributed by atoms with Crippen LogP contribution in [0.15, 0.2) is 30.3 Å². The predicted octanol–water partition coefficient (Wildman–Crippen LogP) is 3.75. The summed E-state index contributed by atoms with van der Waals surface area (Å²) in [6.07, 6.45) is 5.92. The van der Waals surface area contributed by atoms with Crippen molar-refractivity contribution in [2.24, 2.45) is 0 Å². The Balaban J connectivity index is 1.58. The first-order valence-corrected chi connectivity index (χ1v) is 12.6. The first-order valence-electron chi connectivity index (χ1n) is 12.6. The van der Waals surface area contributed by atoms with E-state index in [0.29, 0.717) is 13.1 Å². The summed E-state index contributed by atoms with van der Waals surface area (Å²) in [6.45, 7) is 6.30. The van der Waals surface area contributed by atoms with Gasteiger partial charge >= 0.3 is 12.0 Å². The zero-order chi connectivity index (χ0) is 24.8. The summed E-state index contributed by atoms with van der Waals surface area (Å²) in [4.78, 5) is 32.0. The van der Waals surface area contributed by atoms with Crippen LogP contribution in [0, 0.1) is 0 Å². The number of carbonyl (C=O) groups excluding carboxylic acids is 2. The van der Waals surface area contributed by atoms with Crippen molar-refractivity contribution in [1.29, 1.82) is 0 Å². The van der Waals surface area contributed by atoms with E-state index in [1.54, 1.807) is 4.90 Å². The molecule has 0 atom stereocenters. The smallest absolute Gasteiger partial charge is 0.326 e. The van der Waals surface area contributed by atoms with Gasteiger partial charge in [0.05, 0.1) is 17.7 Å². The summed E-state index contributed by atoms with van der Waals surface area (Å²) >= 11 is 0. The van der Waals surface area contributed by atoms with Gasteiger partial charge < -0.3 is 19.6 Å². The van der Waals surface area contributed by atoms with Crippen LogP contribution < -0.4 is 0 Å². The maximum absolute atomic E-state index is 13.6. The summed E-state index contributed by atoms with van der Waals surface area (Å²) in [5.41, 5.74) is -0.565. The molecule has 1 N–H and O–H groups in total. The van der Waals surface area contributed by atoms with Gasteiger partial charge in [0, 0.05) is 12.1 Å². The lowest BCUT2D eigenvalue weighted by molar-refractivity contribution is -0.155. The Kier molecular flexibility index (Phi) is 6.49. The molecule has 0 unspecified atom stereocenters. The molecule has 188 valence electrons. The van der Waals surface area contributed by atoms with E-state index in [2.05, 4.69) is 43.3 Å². The van der Waals surface area contributed by atoms with Crippen LogP contribution in [0.5, 0.6) is 0 Å². The second kappa shape index (κ2) is 8.83. The van der Waals surface area contributed by atoms with Crippen LogP contribution in [-0.2, 0) is 15.1 Å². The number of hydrogen-bond donors (Lipinski definition) is 1. The Hall–Kier alpha value is -2.12. The second-order valence-electron chi connectivity index (χ2n) is 11.9. The van der Waals surface area contributed by atoms with Crippen molar-refractivity contribution in [3.63, 3.8) is 0 Å². The fourth-order valence-electron chi connectivity index (χ4n) is 6.11. The lowest BCUT2D eigenvalue weighted by Gasteiger charge is -2.52. The van der Waals surface area contributed by atoms with Gasteiger partial charge in [-0.1, -0.05) is 30.3 Å². The van der Waals surface area contributed by atoms with Crippen LogP contribution in [0.1, 0.15) is 71.3 Å². The van der Waals surface area contributed by atoms with Crippen LogP contribution in [0.4, 0.5) is 4.79 Å². The molecule has 1 aromatic rings. The second-order valence-corrected chi connectivity index (χ2v) is 11.9. The number of urea groups is 1. The molecule has 2 aliphatic carbocycles. The average Bonchev–Trinajstić information content (AvgIpc) is 2.97. The van der Waals surface area contributed by atoms with E-state index in [0.717, 1.165) is 44.9 Å². The number of benzene rings is 1. The van der Waals surface area contributed by atoms with Crippen molar-refractivity contribution in [2.45, 2.75) is 88.0 Å². The van der Waals surface area contributed by atoms with Crippen molar-refractivity contribution >= 4 is 12.0 Å². The minimum Gasteiger partial charge on any atom is -0.459 e. The number of aliphatic hydroxyl groups is 1. The van der Waals surface area contributed by atoms with E-state index in [-0.39, 0.29) is 29.6 Å². The van der Waals surface area contributed by atoms with E-state index in [1.165, 1.54) is 5.56 Å². The number of rotatable bonds is 6. The van der Waals surface area contributed by atoms with Gasteiger partial charge in [0.25, 0.3) is 0 Å². The molecule has 0 radical (unpaired) electrons. The minimum absolute atomic E-state index is 0.0513. The van der Waals surface area contributed by atoms with Crippen LogP contribution in [0.2, 0.25) is 0 Å². The summed E-state index contributed by atoms with van der Waals surface area (Å²) in [5, 5.41) is 11.0. The highest BCUT2D eigenvalue weighted by molar-refractivity contribution is 5.84. The molecule has 4 rings (SSSR count). The number of amides is 2. The zero-order valence-electron chi connectivity index (χ0n) is 21.5. The fourth-order valence-corrected chi connectivity index (χ4v) is 6.11. The molecule has 2 amide bonds. The van der Waals surface area contributed by atoms with Gasteiger partial charge in [0.1, 0.15) is 12.1 Å². The Labute approximate surface area is 204 Å². The molecule has 0 aromatic heterocycles. The number of β-amino-alcohol motifs (C(OH)–C–C–N with tert-alkyl or cyclic N) is 1. The average molecular weight is 472 g/mol. The molecule has 1 aliphatic heterocycles. The van der Waals surface area contributed by atoms with Crippen molar-refractivity contribution in [2.75, 3.05) is 33.7 Å². The summed E-state index contributed by atoms with van der Waals surface area (Å²) in [5.74, 6) is -0.386. The van der Waals surface area contributed by atoms with Crippen LogP contribution in [-0.4, -0.2) is 82.3 Å². The maximum atomic E-state index is 13.6. The number of carbonyl (C=O) groups is 2. The zero-order valence-corrected chi connectivity index (χ0v) is 21.5. The van der Waals surface area contributed by atoms with Gasteiger partial charge in [-0.2, -0.15) is 0 Å². The third-order valence-electron chi connectivity index (χ3n) is 8.21. The third kappa shape index (κ3) is 4.69. The molecule has 3 fully saturated rings. The predicted molar refractivity (Wildman–Crippen MR) is 131 cm³/mol. The molecule has 2 saturated carbocycles. The molecule has 0 bridgehead atoms. The molecule has 3 aliphatic rings. The molecule has 7 heteroatoms. The van der Waals surface area contributed by atoms with Gasteiger partial charge in [-0.15, -0.1) is 0 Å². The van der Waals surface area contributed by atoms with Crippen LogP contribution >= 0.6 is 0 Å². The van der Waals surface area contributed by atoms with Gasteiger partial charge in [-0.05, 0) is 85.4 Å². The Morgan fingerprint density at radius 3 is 2.18 bits per heavy atom. The first-order chi connectivity index (χ1) is 15.9. The minimum atomic E-state index is -0.805. The first kappa shape index (κ1) is 25.0. The Bertz CT molecular complexity index is 896. The molecule has 7 nitrogen and oxygen atoms in total. The highest BCUT2D eigenvalue weighted by Crippen LogP contribution is 2.50. The molecule has 34 heavy (non-hydrogen) atoms. The van der Waals surface area contributed by atoms with E-state index >= 15 is 0 Å². The van der Waals surface area contributed by atoms with Crippen molar-refractivity contribution in [3.8, 4) is 0 Å². The highest BCUT2D eigenvalue weighted by Gasteiger charge is 2.56. The molecule has 1 spiro atoms. The fraction of sp³-hybridized carbons (Fsp3) is 0.704. The Morgan fingerprint density at radius 2 is 1.68 bits per heavy atom. The summed E-state index contributed by atoms with van der Waals surface area (Å²) < 4.78 is 5.51. The van der Waals surface area contributed by atoms with E-state index in [9.17, 15) is 14.7 Å². The van der Waals surface area contributed by atoms with Crippen molar-refractivity contribution in [3.05, 3.63) is 35.9 Å². The normalized spacial score (nSPS) is 29.0. The van der Waals surface area contributed by atoms with E-state index < -0.39 is 11.2 Å². The molecule has 1 aromatic carbocycles. The van der Waals surface area contributed by atoms with Gasteiger partial charge in [0.15, 0.2) is 0 Å². The topological polar surface area (TPSA) is 73.3 Å². The lowest BCUT2D eigenvalue weighted by atomic mass is 9.67. The number of ether oxygens (including phenoxy) is 1. The number of esters is 1.